The van der Waals surface area contributed by atoms with Gasteiger partial charge in [0.1, 0.15) is 0 Å². The third-order valence-corrected chi connectivity index (χ3v) is 1.68. The van der Waals surface area contributed by atoms with Crippen LogP contribution in [-0.2, 0) is 0 Å². The van der Waals surface area contributed by atoms with Crippen molar-refractivity contribution in [2.45, 2.75) is 0 Å². The Morgan fingerprint density at radius 2 is 2.29 bits per heavy atom. The summed E-state index contributed by atoms with van der Waals surface area (Å²) in [7, 11) is 0. The normalized spacial score (nSPS) is 10.0. The van der Waals surface area contributed by atoms with Gasteiger partial charge in [-0.1, -0.05) is 0 Å². The lowest BCUT2D eigenvalue weighted by atomic mass is 10.4. The van der Waals surface area contributed by atoms with Gasteiger partial charge in [0, 0.05) is 24.7 Å². The van der Waals surface area contributed by atoms with E-state index in [2.05, 4.69) is 10.1 Å². The number of nitro groups is 1. The van der Waals surface area contributed by atoms with E-state index in [1.165, 1.54) is 23.0 Å². The summed E-state index contributed by atoms with van der Waals surface area (Å²) in [6.45, 7) is 0. The zero-order valence-corrected chi connectivity index (χ0v) is 7.07. The van der Waals surface area contributed by atoms with Crippen molar-refractivity contribution < 1.29 is 4.92 Å². The van der Waals surface area contributed by atoms with Gasteiger partial charge in [-0.15, -0.1) is 0 Å². The second kappa shape index (κ2) is 3.25. The standard InChI is InChI=1S/C8H6N4O2/c13-12(14)7-2-4-9-8(6-7)11-5-1-3-10-11/h1-6H. The molecule has 6 heteroatoms. The summed E-state index contributed by atoms with van der Waals surface area (Å²) in [5.74, 6) is 0.434. The maximum atomic E-state index is 10.5. The molecule has 0 aliphatic rings. The Labute approximate surface area is 79.0 Å². The van der Waals surface area contributed by atoms with Crippen LogP contribution in [0.15, 0.2) is 36.8 Å². The summed E-state index contributed by atoms with van der Waals surface area (Å²) in [4.78, 5) is 14.0. The zero-order valence-electron chi connectivity index (χ0n) is 7.07. The second-order valence-electron chi connectivity index (χ2n) is 2.58. The van der Waals surface area contributed by atoms with Crippen LogP contribution in [0.3, 0.4) is 0 Å². The van der Waals surface area contributed by atoms with Gasteiger partial charge in [-0.25, -0.2) is 9.67 Å². The first-order chi connectivity index (χ1) is 6.77. The summed E-state index contributed by atoms with van der Waals surface area (Å²) in [5, 5.41) is 14.4. The smallest absolute Gasteiger partial charge is 0.258 e. The highest BCUT2D eigenvalue weighted by Crippen LogP contribution is 2.12. The Balaban J connectivity index is 2.46. The summed E-state index contributed by atoms with van der Waals surface area (Å²) < 4.78 is 1.47. The fourth-order valence-corrected chi connectivity index (χ4v) is 1.05. The maximum Gasteiger partial charge on any atom is 0.274 e. The van der Waals surface area contributed by atoms with E-state index in [4.69, 9.17) is 0 Å². The summed E-state index contributed by atoms with van der Waals surface area (Å²) in [6, 6.07) is 4.43. The van der Waals surface area contributed by atoms with E-state index in [-0.39, 0.29) is 5.69 Å². The van der Waals surface area contributed by atoms with E-state index in [1.807, 2.05) is 0 Å². The number of pyridine rings is 1. The molecule has 0 saturated heterocycles. The fourth-order valence-electron chi connectivity index (χ4n) is 1.05. The Hall–Kier alpha value is -2.24. The van der Waals surface area contributed by atoms with Crippen LogP contribution >= 0.6 is 0 Å². The van der Waals surface area contributed by atoms with Gasteiger partial charge < -0.3 is 0 Å². The number of aromatic nitrogens is 3. The number of nitrogens with zero attached hydrogens (tertiary/aromatic N) is 4. The Morgan fingerprint density at radius 1 is 1.43 bits per heavy atom. The topological polar surface area (TPSA) is 73.8 Å². The average Bonchev–Trinajstić information content (AvgIpc) is 2.71. The molecule has 0 aliphatic heterocycles. The van der Waals surface area contributed by atoms with Gasteiger partial charge in [-0.05, 0) is 6.07 Å². The van der Waals surface area contributed by atoms with Gasteiger partial charge in [0.2, 0.25) is 0 Å². The van der Waals surface area contributed by atoms with Crippen molar-refractivity contribution in [1.82, 2.24) is 14.8 Å². The van der Waals surface area contributed by atoms with Crippen LogP contribution in [0.2, 0.25) is 0 Å². The minimum atomic E-state index is -0.464. The van der Waals surface area contributed by atoms with Crippen LogP contribution in [0, 0.1) is 10.1 Å². The van der Waals surface area contributed by atoms with Crippen molar-refractivity contribution >= 4 is 5.69 Å². The van der Waals surface area contributed by atoms with E-state index in [0.717, 1.165) is 0 Å². The summed E-state index contributed by atoms with van der Waals surface area (Å²) in [5.41, 5.74) is 0.00509. The SMILES string of the molecule is O=[N+]([O-])c1ccnc(-n2cccn2)c1. The van der Waals surface area contributed by atoms with E-state index >= 15 is 0 Å². The van der Waals surface area contributed by atoms with E-state index in [1.54, 1.807) is 18.5 Å². The highest BCUT2D eigenvalue weighted by molar-refractivity contribution is 5.36. The van der Waals surface area contributed by atoms with Crippen LogP contribution < -0.4 is 0 Å². The molecule has 70 valence electrons. The highest BCUT2D eigenvalue weighted by atomic mass is 16.6. The van der Waals surface area contributed by atoms with Gasteiger partial charge in [0.05, 0.1) is 11.0 Å². The Morgan fingerprint density at radius 3 is 2.93 bits per heavy atom. The molecule has 0 spiro atoms. The Bertz CT molecular complexity index is 452. The van der Waals surface area contributed by atoms with Gasteiger partial charge in [-0.2, -0.15) is 5.10 Å². The van der Waals surface area contributed by atoms with E-state index < -0.39 is 4.92 Å². The lowest BCUT2D eigenvalue weighted by Gasteiger charge is -1.98. The number of rotatable bonds is 2. The van der Waals surface area contributed by atoms with E-state index in [0.29, 0.717) is 5.82 Å². The minimum Gasteiger partial charge on any atom is -0.258 e. The second-order valence-corrected chi connectivity index (χ2v) is 2.58. The molecule has 0 aromatic carbocycles. The molecular weight excluding hydrogens is 184 g/mol. The molecule has 0 fully saturated rings. The minimum absolute atomic E-state index is 0.00509. The van der Waals surface area contributed by atoms with E-state index in [9.17, 15) is 10.1 Å². The summed E-state index contributed by atoms with van der Waals surface area (Å²) >= 11 is 0. The van der Waals surface area contributed by atoms with Gasteiger partial charge in [-0.3, -0.25) is 10.1 Å². The van der Waals surface area contributed by atoms with Crippen molar-refractivity contribution in [3.05, 3.63) is 46.9 Å². The van der Waals surface area contributed by atoms with Crippen molar-refractivity contribution in [3.8, 4) is 5.82 Å². The molecule has 0 saturated carbocycles. The monoisotopic (exact) mass is 190 g/mol. The van der Waals surface area contributed by atoms with Gasteiger partial charge in [0.25, 0.3) is 5.69 Å². The first-order valence-electron chi connectivity index (χ1n) is 3.88. The quantitative estimate of drug-likeness (QED) is 0.526. The van der Waals surface area contributed by atoms with Crippen LogP contribution in [0.5, 0.6) is 0 Å². The van der Waals surface area contributed by atoms with Crippen LogP contribution in [0.25, 0.3) is 5.82 Å². The average molecular weight is 190 g/mol. The third kappa shape index (κ3) is 1.45. The molecule has 0 N–H and O–H groups in total. The molecule has 0 amide bonds. The fraction of sp³-hybridized carbons (Fsp3) is 0. The molecule has 0 atom stereocenters. The van der Waals surface area contributed by atoms with Gasteiger partial charge >= 0.3 is 0 Å². The Kier molecular flexibility index (Phi) is 1.94. The lowest BCUT2D eigenvalue weighted by Crippen LogP contribution is -1.98. The third-order valence-electron chi connectivity index (χ3n) is 1.68. The number of hydrogen-bond acceptors (Lipinski definition) is 4. The molecule has 0 bridgehead atoms. The zero-order chi connectivity index (χ0) is 9.97. The molecule has 0 unspecified atom stereocenters. The van der Waals surface area contributed by atoms with Crippen LogP contribution in [-0.4, -0.2) is 19.7 Å². The molecule has 2 aromatic heterocycles. The molecule has 2 heterocycles. The largest absolute Gasteiger partial charge is 0.274 e. The predicted octanol–water partition coefficient (Wildman–Crippen LogP) is 1.18. The highest BCUT2D eigenvalue weighted by Gasteiger charge is 2.07. The first-order valence-corrected chi connectivity index (χ1v) is 3.88. The maximum absolute atomic E-state index is 10.5. The van der Waals surface area contributed by atoms with Crippen LogP contribution in [0.1, 0.15) is 0 Å². The summed E-state index contributed by atoms with van der Waals surface area (Å²) in [6.07, 6.45) is 4.64. The molecular formula is C8H6N4O2. The number of hydrogen-bond donors (Lipinski definition) is 0. The molecule has 6 nitrogen and oxygen atoms in total. The van der Waals surface area contributed by atoms with Crippen molar-refractivity contribution in [2.75, 3.05) is 0 Å². The van der Waals surface area contributed by atoms with Gasteiger partial charge in [0.15, 0.2) is 5.82 Å². The lowest BCUT2D eigenvalue weighted by molar-refractivity contribution is -0.384. The predicted molar refractivity (Wildman–Crippen MR) is 48.0 cm³/mol. The van der Waals surface area contributed by atoms with Crippen molar-refractivity contribution in [3.63, 3.8) is 0 Å². The molecule has 14 heavy (non-hydrogen) atoms. The molecule has 0 aliphatic carbocycles. The molecule has 0 radical (unpaired) electrons. The van der Waals surface area contributed by atoms with Crippen molar-refractivity contribution in [2.24, 2.45) is 0 Å². The first kappa shape index (κ1) is 8.36. The molecule has 2 aromatic rings. The van der Waals surface area contributed by atoms with Crippen molar-refractivity contribution in [1.29, 1.82) is 0 Å². The van der Waals surface area contributed by atoms with Crippen LogP contribution in [0.4, 0.5) is 5.69 Å². The molecule has 2 rings (SSSR count).